The van der Waals surface area contributed by atoms with Crippen LogP contribution in [0.25, 0.3) is 0 Å². The van der Waals surface area contributed by atoms with Gasteiger partial charge in [-0.2, -0.15) is 0 Å². The first kappa shape index (κ1) is 16.7. The Morgan fingerprint density at radius 3 is 2.75 bits per heavy atom. The van der Waals surface area contributed by atoms with Gasteiger partial charge in [0.1, 0.15) is 0 Å². The van der Waals surface area contributed by atoms with E-state index in [2.05, 4.69) is 31.1 Å². The van der Waals surface area contributed by atoms with Gasteiger partial charge in [0.25, 0.3) is 0 Å². The molecule has 1 atom stereocenters. The number of benzene rings is 1. The van der Waals surface area contributed by atoms with Gasteiger partial charge in [0.2, 0.25) is 5.91 Å². The maximum Gasteiger partial charge on any atom is 0.225 e. The molecule has 112 valence electrons. The lowest BCUT2D eigenvalue weighted by Gasteiger charge is -2.24. The van der Waals surface area contributed by atoms with Gasteiger partial charge in [-0.3, -0.25) is 4.79 Å². The van der Waals surface area contributed by atoms with Crippen LogP contribution in [0.4, 0.5) is 5.69 Å². The number of nitrogens with one attached hydrogen (secondary N) is 1. The van der Waals surface area contributed by atoms with Gasteiger partial charge in [0, 0.05) is 31.2 Å². The number of nitrogens with zero attached hydrogens (tertiary/aromatic N) is 1. The molecule has 0 aromatic heterocycles. The first-order valence-electron chi connectivity index (χ1n) is 7.36. The fourth-order valence-electron chi connectivity index (χ4n) is 2.17. The molecule has 1 aromatic rings. The lowest BCUT2D eigenvalue weighted by molar-refractivity contribution is -0.116. The molecule has 0 spiro atoms. The summed E-state index contributed by atoms with van der Waals surface area (Å²) in [6, 6.07) is 8.18. The van der Waals surface area contributed by atoms with Crippen LogP contribution < -0.4 is 11.1 Å². The second kappa shape index (κ2) is 8.72. The van der Waals surface area contributed by atoms with E-state index in [1.54, 1.807) is 0 Å². The van der Waals surface area contributed by atoms with Gasteiger partial charge >= 0.3 is 0 Å². The molecule has 4 nitrogen and oxygen atoms in total. The van der Waals surface area contributed by atoms with Crippen LogP contribution in [0.1, 0.15) is 38.7 Å². The summed E-state index contributed by atoms with van der Waals surface area (Å²) in [5, 5.41) is 2.94. The second-order valence-electron chi connectivity index (χ2n) is 5.28. The highest BCUT2D eigenvalue weighted by molar-refractivity contribution is 5.91. The fourth-order valence-corrected chi connectivity index (χ4v) is 2.17. The van der Waals surface area contributed by atoms with Crippen molar-refractivity contribution in [1.29, 1.82) is 0 Å². The Morgan fingerprint density at radius 1 is 1.40 bits per heavy atom. The normalized spacial score (nSPS) is 12.4. The molecular formula is C16H27N3O. The highest BCUT2D eigenvalue weighted by atomic mass is 16.1. The summed E-state index contributed by atoms with van der Waals surface area (Å²) >= 11 is 0. The summed E-state index contributed by atoms with van der Waals surface area (Å²) in [6.07, 6.45) is 2.83. The van der Waals surface area contributed by atoms with Crippen molar-refractivity contribution in [2.24, 2.45) is 5.73 Å². The molecular weight excluding hydrogens is 250 g/mol. The predicted octanol–water partition coefficient (Wildman–Crippen LogP) is 2.59. The minimum Gasteiger partial charge on any atom is -0.326 e. The lowest BCUT2D eigenvalue weighted by atomic mass is 10.1. The Bertz CT molecular complexity index is 420. The van der Waals surface area contributed by atoms with Crippen molar-refractivity contribution >= 4 is 11.6 Å². The molecule has 0 radical (unpaired) electrons. The number of para-hydroxylation sites is 1. The summed E-state index contributed by atoms with van der Waals surface area (Å²) in [4.78, 5) is 14.2. The molecule has 0 heterocycles. The molecule has 3 N–H and O–H groups in total. The quantitative estimate of drug-likeness (QED) is 0.768. The number of anilines is 1. The van der Waals surface area contributed by atoms with Crippen LogP contribution in [0.3, 0.4) is 0 Å². The van der Waals surface area contributed by atoms with Gasteiger partial charge in [-0.25, -0.2) is 0 Å². The third-order valence-corrected chi connectivity index (χ3v) is 3.66. The number of carbonyl (C=O) groups is 1. The smallest absolute Gasteiger partial charge is 0.225 e. The molecule has 1 unspecified atom stereocenters. The summed E-state index contributed by atoms with van der Waals surface area (Å²) in [5.41, 5.74) is 7.45. The van der Waals surface area contributed by atoms with E-state index in [1.165, 1.54) is 6.42 Å². The van der Waals surface area contributed by atoms with Crippen molar-refractivity contribution in [2.75, 3.05) is 18.9 Å². The van der Waals surface area contributed by atoms with Gasteiger partial charge in [0.15, 0.2) is 0 Å². The van der Waals surface area contributed by atoms with E-state index in [0.29, 0.717) is 19.0 Å². The van der Waals surface area contributed by atoms with E-state index in [0.717, 1.165) is 24.2 Å². The highest BCUT2D eigenvalue weighted by Crippen LogP contribution is 2.14. The molecule has 0 aliphatic carbocycles. The van der Waals surface area contributed by atoms with Gasteiger partial charge in [-0.1, -0.05) is 31.5 Å². The number of amides is 1. The predicted molar refractivity (Wildman–Crippen MR) is 84.6 cm³/mol. The van der Waals surface area contributed by atoms with E-state index >= 15 is 0 Å². The van der Waals surface area contributed by atoms with E-state index in [-0.39, 0.29) is 5.91 Å². The summed E-state index contributed by atoms with van der Waals surface area (Å²) in [7, 11) is 2.07. The van der Waals surface area contributed by atoms with Crippen LogP contribution in [0.5, 0.6) is 0 Å². The van der Waals surface area contributed by atoms with Crippen molar-refractivity contribution < 1.29 is 4.79 Å². The third kappa shape index (κ3) is 5.31. The SMILES string of the molecule is CCCC(C)N(C)CCC(=O)Nc1ccccc1CN. The molecule has 0 aliphatic rings. The molecule has 0 fully saturated rings. The summed E-state index contributed by atoms with van der Waals surface area (Å²) < 4.78 is 0. The molecule has 0 saturated carbocycles. The standard InChI is InChI=1S/C16H27N3O/c1-4-7-13(2)19(3)11-10-16(20)18-15-9-6-5-8-14(15)12-17/h5-6,8-9,13H,4,7,10-12,17H2,1-3H3,(H,18,20). The molecule has 4 heteroatoms. The van der Waals surface area contributed by atoms with Crippen LogP contribution in [0, 0.1) is 0 Å². The Balaban J connectivity index is 2.44. The number of hydrogen-bond acceptors (Lipinski definition) is 3. The lowest BCUT2D eigenvalue weighted by Crippen LogP contribution is -2.32. The third-order valence-electron chi connectivity index (χ3n) is 3.66. The van der Waals surface area contributed by atoms with Crippen molar-refractivity contribution in [3.8, 4) is 0 Å². The average Bonchev–Trinajstić information content (AvgIpc) is 2.45. The Hall–Kier alpha value is -1.39. The van der Waals surface area contributed by atoms with Gasteiger partial charge in [-0.05, 0) is 32.0 Å². The average molecular weight is 277 g/mol. The van der Waals surface area contributed by atoms with E-state index in [9.17, 15) is 4.79 Å². The first-order chi connectivity index (χ1) is 9.58. The summed E-state index contributed by atoms with van der Waals surface area (Å²) in [5.74, 6) is 0.0430. The monoisotopic (exact) mass is 277 g/mol. The zero-order valence-electron chi connectivity index (χ0n) is 12.9. The van der Waals surface area contributed by atoms with Crippen LogP contribution in [0.2, 0.25) is 0 Å². The van der Waals surface area contributed by atoms with Gasteiger partial charge < -0.3 is 16.0 Å². The minimum absolute atomic E-state index is 0.0430. The fraction of sp³-hybridized carbons (Fsp3) is 0.562. The first-order valence-corrected chi connectivity index (χ1v) is 7.36. The number of carbonyl (C=O) groups excluding carboxylic acids is 1. The Morgan fingerprint density at radius 2 is 2.10 bits per heavy atom. The topological polar surface area (TPSA) is 58.4 Å². The maximum atomic E-state index is 12.0. The second-order valence-corrected chi connectivity index (χ2v) is 5.28. The minimum atomic E-state index is 0.0430. The molecule has 1 rings (SSSR count). The van der Waals surface area contributed by atoms with E-state index in [4.69, 9.17) is 5.73 Å². The molecule has 20 heavy (non-hydrogen) atoms. The molecule has 0 saturated heterocycles. The summed E-state index contributed by atoms with van der Waals surface area (Å²) in [6.45, 7) is 5.59. The van der Waals surface area contributed by atoms with Crippen LogP contribution in [-0.2, 0) is 11.3 Å². The zero-order chi connectivity index (χ0) is 15.0. The molecule has 1 aromatic carbocycles. The Kier molecular flexibility index (Phi) is 7.26. The largest absolute Gasteiger partial charge is 0.326 e. The maximum absolute atomic E-state index is 12.0. The van der Waals surface area contributed by atoms with Crippen LogP contribution >= 0.6 is 0 Å². The van der Waals surface area contributed by atoms with Crippen molar-refractivity contribution in [3.63, 3.8) is 0 Å². The van der Waals surface area contributed by atoms with Crippen LogP contribution in [-0.4, -0.2) is 30.4 Å². The molecule has 0 aliphatic heterocycles. The zero-order valence-corrected chi connectivity index (χ0v) is 12.9. The number of rotatable bonds is 8. The van der Waals surface area contributed by atoms with Gasteiger partial charge in [0.05, 0.1) is 0 Å². The number of hydrogen-bond donors (Lipinski definition) is 2. The number of nitrogens with two attached hydrogens (primary N) is 1. The van der Waals surface area contributed by atoms with Crippen LogP contribution in [0.15, 0.2) is 24.3 Å². The van der Waals surface area contributed by atoms with Crippen molar-refractivity contribution in [2.45, 2.75) is 45.7 Å². The van der Waals surface area contributed by atoms with Gasteiger partial charge in [-0.15, -0.1) is 0 Å². The van der Waals surface area contributed by atoms with E-state index < -0.39 is 0 Å². The van der Waals surface area contributed by atoms with Crippen molar-refractivity contribution in [1.82, 2.24) is 4.90 Å². The van der Waals surface area contributed by atoms with Crippen molar-refractivity contribution in [3.05, 3.63) is 29.8 Å². The van der Waals surface area contributed by atoms with E-state index in [1.807, 2.05) is 24.3 Å². The Labute approximate surface area is 122 Å². The highest BCUT2D eigenvalue weighted by Gasteiger charge is 2.11. The molecule has 1 amide bonds. The molecule has 0 bridgehead atoms.